The standard InChI is InChI=1S/C10H11N5O2/c1-5-6(2)15-17-10(5)14-9(16)7-3-13-8(11)4-12-7/h3-4H,1-2H3,(H2,11,13)(H,14,16). The molecule has 7 heteroatoms. The fourth-order valence-electron chi connectivity index (χ4n) is 1.15. The van der Waals surface area contributed by atoms with Crippen LogP contribution in [0.3, 0.4) is 0 Å². The van der Waals surface area contributed by atoms with Crippen LogP contribution in [-0.4, -0.2) is 21.0 Å². The molecule has 2 heterocycles. The Bertz CT molecular complexity index is 546. The number of amides is 1. The molecule has 0 saturated heterocycles. The maximum Gasteiger partial charge on any atom is 0.278 e. The molecule has 0 saturated carbocycles. The molecular weight excluding hydrogens is 222 g/mol. The number of nitrogens with one attached hydrogen (secondary N) is 1. The lowest BCUT2D eigenvalue weighted by atomic mass is 10.3. The van der Waals surface area contributed by atoms with Gasteiger partial charge in [0.05, 0.1) is 18.1 Å². The van der Waals surface area contributed by atoms with Gasteiger partial charge in [-0.15, -0.1) is 0 Å². The number of anilines is 2. The van der Waals surface area contributed by atoms with Crippen LogP contribution in [0.4, 0.5) is 11.7 Å². The lowest BCUT2D eigenvalue weighted by Crippen LogP contribution is -2.14. The molecule has 0 spiro atoms. The van der Waals surface area contributed by atoms with Gasteiger partial charge in [0.2, 0.25) is 5.88 Å². The Morgan fingerprint density at radius 3 is 2.65 bits per heavy atom. The number of rotatable bonds is 2. The van der Waals surface area contributed by atoms with Gasteiger partial charge in [-0.2, -0.15) is 0 Å². The van der Waals surface area contributed by atoms with Crippen molar-refractivity contribution in [2.45, 2.75) is 13.8 Å². The zero-order valence-electron chi connectivity index (χ0n) is 9.39. The molecule has 0 bridgehead atoms. The second-order valence-electron chi connectivity index (χ2n) is 3.50. The first-order valence-electron chi connectivity index (χ1n) is 4.89. The molecule has 0 aliphatic heterocycles. The zero-order valence-corrected chi connectivity index (χ0v) is 9.39. The lowest BCUT2D eigenvalue weighted by Gasteiger charge is -2.01. The highest BCUT2D eigenvalue weighted by Crippen LogP contribution is 2.17. The largest absolute Gasteiger partial charge is 0.382 e. The van der Waals surface area contributed by atoms with Crippen molar-refractivity contribution >= 4 is 17.6 Å². The van der Waals surface area contributed by atoms with Gasteiger partial charge in [-0.25, -0.2) is 9.97 Å². The van der Waals surface area contributed by atoms with E-state index in [4.69, 9.17) is 10.3 Å². The first-order valence-corrected chi connectivity index (χ1v) is 4.89. The van der Waals surface area contributed by atoms with Crippen molar-refractivity contribution in [3.63, 3.8) is 0 Å². The Balaban J connectivity index is 2.17. The number of nitrogens with zero attached hydrogens (tertiary/aromatic N) is 3. The summed E-state index contributed by atoms with van der Waals surface area (Å²) in [7, 11) is 0. The second-order valence-corrected chi connectivity index (χ2v) is 3.50. The van der Waals surface area contributed by atoms with Crippen LogP contribution in [-0.2, 0) is 0 Å². The van der Waals surface area contributed by atoms with E-state index in [1.54, 1.807) is 13.8 Å². The molecule has 0 aliphatic rings. The van der Waals surface area contributed by atoms with Gasteiger partial charge in [-0.3, -0.25) is 10.1 Å². The minimum Gasteiger partial charge on any atom is -0.382 e. The van der Waals surface area contributed by atoms with Gasteiger partial charge in [-0.05, 0) is 13.8 Å². The minimum atomic E-state index is -0.420. The summed E-state index contributed by atoms with van der Waals surface area (Å²) in [5.74, 6) is 0.149. The Morgan fingerprint density at radius 2 is 2.12 bits per heavy atom. The summed E-state index contributed by atoms with van der Waals surface area (Å²) in [6.45, 7) is 3.59. The van der Waals surface area contributed by atoms with E-state index in [2.05, 4.69) is 20.4 Å². The molecule has 0 unspecified atom stereocenters. The molecule has 2 aromatic heterocycles. The van der Waals surface area contributed by atoms with Crippen molar-refractivity contribution in [3.8, 4) is 0 Å². The first kappa shape index (κ1) is 11.1. The van der Waals surface area contributed by atoms with E-state index in [1.807, 2.05) is 0 Å². The molecular formula is C10H11N5O2. The molecule has 88 valence electrons. The van der Waals surface area contributed by atoms with Crippen molar-refractivity contribution in [1.82, 2.24) is 15.1 Å². The summed E-state index contributed by atoms with van der Waals surface area (Å²) in [4.78, 5) is 19.4. The van der Waals surface area contributed by atoms with Crippen LogP contribution in [0.1, 0.15) is 21.7 Å². The van der Waals surface area contributed by atoms with Gasteiger partial charge in [-0.1, -0.05) is 5.16 Å². The molecule has 0 aromatic carbocycles. The first-order chi connectivity index (χ1) is 8.08. The summed E-state index contributed by atoms with van der Waals surface area (Å²) >= 11 is 0. The topological polar surface area (TPSA) is 107 Å². The van der Waals surface area contributed by atoms with Crippen LogP contribution in [0.5, 0.6) is 0 Å². The average molecular weight is 233 g/mol. The van der Waals surface area contributed by atoms with Gasteiger partial charge in [0, 0.05) is 5.56 Å². The van der Waals surface area contributed by atoms with Gasteiger partial charge >= 0.3 is 0 Å². The fourth-order valence-corrected chi connectivity index (χ4v) is 1.15. The molecule has 17 heavy (non-hydrogen) atoms. The van der Waals surface area contributed by atoms with E-state index in [0.717, 1.165) is 11.3 Å². The third-order valence-electron chi connectivity index (χ3n) is 2.29. The predicted octanol–water partition coefficient (Wildman–Crippen LogP) is 0.916. The van der Waals surface area contributed by atoms with Gasteiger partial charge in [0.1, 0.15) is 11.5 Å². The maximum atomic E-state index is 11.7. The summed E-state index contributed by atoms with van der Waals surface area (Å²) in [6, 6.07) is 0. The van der Waals surface area contributed by atoms with E-state index in [9.17, 15) is 4.79 Å². The molecule has 0 aliphatic carbocycles. The molecule has 0 radical (unpaired) electrons. The monoisotopic (exact) mass is 233 g/mol. The fraction of sp³-hybridized carbons (Fsp3) is 0.200. The molecule has 2 rings (SSSR count). The van der Waals surface area contributed by atoms with Crippen molar-refractivity contribution in [2.75, 3.05) is 11.1 Å². The third kappa shape index (κ3) is 2.22. The normalized spacial score (nSPS) is 10.2. The molecule has 7 nitrogen and oxygen atoms in total. The van der Waals surface area contributed by atoms with Crippen LogP contribution in [0.15, 0.2) is 16.9 Å². The van der Waals surface area contributed by atoms with Gasteiger partial charge in [0.25, 0.3) is 5.91 Å². The third-order valence-corrected chi connectivity index (χ3v) is 2.29. The summed E-state index contributed by atoms with van der Waals surface area (Å²) in [6.07, 6.45) is 2.61. The van der Waals surface area contributed by atoms with Crippen LogP contribution in [0.2, 0.25) is 0 Å². The highest BCUT2D eigenvalue weighted by molar-refractivity contribution is 6.02. The van der Waals surface area contributed by atoms with E-state index in [1.165, 1.54) is 12.4 Å². The maximum absolute atomic E-state index is 11.7. The Hall–Kier alpha value is -2.44. The van der Waals surface area contributed by atoms with Crippen molar-refractivity contribution in [3.05, 3.63) is 29.3 Å². The van der Waals surface area contributed by atoms with Crippen molar-refractivity contribution in [1.29, 1.82) is 0 Å². The number of hydrogen-bond donors (Lipinski definition) is 2. The van der Waals surface area contributed by atoms with Crippen molar-refractivity contribution in [2.24, 2.45) is 0 Å². The molecule has 3 N–H and O–H groups in total. The van der Waals surface area contributed by atoms with Crippen LogP contribution in [0.25, 0.3) is 0 Å². The lowest BCUT2D eigenvalue weighted by molar-refractivity contribution is 0.101. The Labute approximate surface area is 97.0 Å². The summed E-state index contributed by atoms with van der Waals surface area (Å²) < 4.78 is 4.96. The molecule has 0 fully saturated rings. The number of aryl methyl sites for hydroxylation is 1. The highest BCUT2D eigenvalue weighted by atomic mass is 16.5. The SMILES string of the molecule is Cc1noc(NC(=O)c2cnc(N)cn2)c1C. The van der Waals surface area contributed by atoms with E-state index >= 15 is 0 Å². The molecule has 1 amide bonds. The molecule has 0 atom stereocenters. The van der Waals surface area contributed by atoms with Crippen LogP contribution < -0.4 is 11.1 Å². The smallest absolute Gasteiger partial charge is 0.278 e. The second kappa shape index (κ2) is 4.20. The number of nitrogens with two attached hydrogens (primary N) is 1. The van der Waals surface area contributed by atoms with E-state index in [0.29, 0.717) is 5.88 Å². The number of aromatic nitrogens is 3. The summed E-state index contributed by atoms with van der Waals surface area (Å²) in [5, 5.41) is 6.29. The number of carbonyl (C=O) groups is 1. The average Bonchev–Trinajstić information content (AvgIpc) is 2.62. The summed E-state index contributed by atoms with van der Waals surface area (Å²) in [5.41, 5.74) is 7.04. The van der Waals surface area contributed by atoms with Gasteiger partial charge < -0.3 is 10.3 Å². The van der Waals surface area contributed by atoms with Crippen molar-refractivity contribution < 1.29 is 9.32 Å². The minimum absolute atomic E-state index is 0.160. The molecule has 2 aromatic rings. The number of carbonyl (C=O) groups excluding carboxylic acids is 1. The highest BCUT2D eigenvalue weighted by Gasteiger charge is 2.14. The predicted molar refractivity (Wildman–Crippen MR) is 60.4 cm³/mol. The Kier molecular flexibility index (Phi) is 2.73. The van der Waals surface area contributed by atoms with E-state index < -0.39 is 5.91 Å². The number of hydrogen-bond acceptors (Lipinski definition) is 6. The van der Waals surface area contributed by atoms with Crippen LogP contribution in [0, 0.1) is 13.8 Å². The van der Waals surface area contributed by atoms with Gasteiger partial charge in [0.15, 0.2) is 0 Å². The number of nitrogen functional groups attached to an aromatic ring is 1. The van der Waals surface area contributed by atoms with E-state index in [-0.39, 0.29) is 11.5 Å². The Morgan fingerprint density at radius 1 is 1.35 bits per heavy atom. The quantitative estimate of drug-likeness (QED) is 0.798. The van der Waals surface area contributed by atoms with Crippen LogP contribution >= 0.6 is 0 Å². The zero-order chi connectivity index (χ0) is 12.4.